The Morgan fingerprint density at radius 2 is 1.77 bits per heavy atom. The molecule has 0 bridgehead atoms. The fourth-order valence-corrected chi connectivity index (χ4v) is 6.16. The van der Waals surface area contributed by atoms with Gasteiger partial charge in [-0.05, 0) is 63.9 Å². The van der Waals surface area contributed by atoms with Crippen molar-refractivity contribution in [3.63, 3.8) is 0 Å². The molecule has 2 aromatic carbocycles. The van der Waals surface area contributed by atoms with Crippen LogP contribution in [0.3, 0.4) is 0 Å². The minimum absolute atomic E-state index is 0.0908. The van der Waals surface area contributed by atoms with Crippen LogP contribution in [0.2, 0.25) is 0 Å². The van der Waals surface area contributed by atoms with Gasteiger partial charge in [0.05, 0.1) is 29.1 Å². The van der Waals surface area contributed by atoms with Gasteiger partial charge in [0.15, 0.2) is 0 Å². The van der Waals surface area contributed by atoms with E-state index in [0.29, 0.717) is 46.8 Å². The monoisotopic (exact) mass is 672 g/mol. The van der Waals surface area contributed by atoms with Gasteiger partial charge in [-0.2, -0.15) is 13.2 Å². The third-order valence-corrected chi connectivity index (χ3v) is 8.39. The summed E-state index contributed by atoms with van der Waals surface area (Å²) in [6.45, 7) is 6.52. The summed E-state index contributed by atoms with van der Waals surface area (Å²) < 4.78 is 76.9. The number of carbonyl (C=O) groups excluding carboxylic acids is 1. The lowest BCUT2D eigenvalue weighted by Gasteiger charge is -2.34. The van der Waals surface area contributed by atoms with Crippen molar-refractivity contribution >= 4 is 38.5 Å². The molecule has 1 saturated heterocycles. The van der Waals surface area contributed by atoms with Crippen molar-refractivity contribution in [2.24, 2.45) is 0 Å². The zero-order valence-corrected chi connectivity index (χ0v) is 26.9. The summed E-state index contributed by atoms with van der Waals surface area (Å²) in [6.07, 6.45) is -1.67. The summed E-state index contributed by atoms with van der Waals surface area (Å²) in [5.74, 6) is -0.176. The quantitative estimate of drug-likeness (QED) is 0.193. The summed E-state index contributed by atoms with van der Waals surface area (Å²) in [7, 11) is -4.27. The van der Waals surface area contributed by atoms with E-state index in [1.165, 1.54) is 6.07 Å². The van der Waals surface area contributed by atoms with Gasteiger partial charge in [-0.15, -0.1) is 0 Å². The first-order chi connectivity index (χ1) is 22.2. The highest BCUT2D eigenvalue weighted by Gasteiger charge is 2.30. The highest BCUT2D eigenvalue weighted by atomic mass is 32.2. The smallest absolute Gasteiger partial charge is 0.410 e. The van der Waals surface area contributed by atoms with Gasteiger partial charge in [-0.1, -0.05) is 24.3 Å². The molecule has 5 rings (SSSR count). The number of nitrogens with one attached hydrogen (secondary N) is 2. The molecular weight excluding hydrogens is 637 g/mol. The maximum atomic E-state index is 12.7. The number of fused-ring (bicyclic) bond motifs is 1. The van der Waals surface area contributed by atoms with E-state index in [1.807, 2.05) is 20.8 Å². The zero-order valence-electron chi connectivity index (χ0n) is 26.0. The Bertz CT molecular complexity index is 1850. The second-order valence-corrected chi connectivity index (χ2v) is 13.9. The number of alkyl halides is 3. The molecule has 47 heavy (non-hydrogen) atoms. The number of nitrogens with zero attached hydrogens (tertiary/aromatic N) is 4. The van der Waals surface area contributed by atoms with Gasteiger partial charge in [0.25, 0.3) is 0 Å². The summed E-state index contributed by atoms with van der Waals surface area (Å²) >= 11 is 0. The zero-order chi connectivity index (χ0) is 33.8. The van der Waals surface area contributed by atoms with Crippen LogP contribution >= 0.6 is 0 Å². The normalized spacial score (nSPS) is 15.7. The van der Waals surface area contributed by atoms with E-state index >= 15 is 0 Å². The fraction of sp³-hybridized carbons (Fsp3) is 0.375. The molecule has 1 amide bonds. The van der Waals surface area contributed by atoms with Gasteiger partial charge in [-0.3, -0.25) is 4.72 Å². The predicted octanol–water partition coefficient (Wildman–Crippen LogP) is 6.99. The van der Waals surface area contributed by atoms with Crippen LogP contribution in [0.4, 0.5) is 29.6 Å². The number of sulfonamides is 1. The molecule has 1 aliphatic heterocycles. The number of anilines is 2. The van der Waals surface area contributed by atoms with Crippen molar-refractivity contribution in [3.05, 3.63) is 67.0 Å². The fourth-order valence-electron chi connectivity index (χ4n) is 5.05. The summed E-state index contributed by atoms with van der Waals surface area (Å²) in [5, 5.41) is 4.26. The third-order valence-electron chi connectivity index (χ3n) is 7.12. The first kappa shape index (κ1) is 33.7. The van der Waals surface area contributed by atoms with Crippen molar-refractivity contribution in [3.8, 4) is 22.9 Å². The number of amides is 1. The second kappa shape index (κ2) is 13.6. The standard InChI is InChI=1S/C32H35F3N6O5S/c1-31(2,3)46-30(42)41-18-7-8-21(20-41)38-29-37-17-14-25(39-29)24-11-6-16-36-28(24)45-27-13-5-9-22-23(27)10-4-12-26(22)40-47(43,44)19-15-32(33,34)35/h4-6,9-14,16-17,21,40H,7-8,15,18-20H2,1-3H3,(H,37,38,39)/t21-/m0/s1. The number of hydrogen-bond acceptors (Lipinski definition) is 9. The van der Waals surface area contributed by atoms with E-state index in [0.717, 1.165) is 12.8 Å². The van der Waals surface area contributed by atoms with Crippen molar-refractivity contribution in [2.45, 2.75) is 57.9 Å². The van der Waals surface area contributed by atoms with Crippen LogP contribution in [0.5, 0.6) is 11.6 Å². The third kappa shape index (κ3) is 9.21. The van der Waals surface area contributed by atoms with Gasteiger partial charge in [0.2, 0.25) is 21.9 Å². The Balaban J connectivity index is 1.35. The Morgan fingerprint density at radius 3 is 2.53 bits per heavy atom. The van der Waals surface area contributed by atoms with Crippen molar-refractivity contribution in [1.82, 2.24) is 19.9 Å². The first-order valence-corrected chi connectivity index (χ1v) is 16.6. The van der Waals surface area contributed by atoms with Gasteiger partial charge < -0.3 is 19.7 Å². The largest absolute Gasteiger partial charge is 0.444 e. The molecule has 1 atom stereocenters. The molecule has 11 nitrogen and oxygen atoms in total. The molecule has 15 heteroatoms. The molecule has 0 radical (unpaired) electrons. The van der Waals surface area contributed by atoms with E-state index in [9.17, 15) is 26.4 Å². The van der Waals surface area contributed by atoms with Crippen LogP contribution in [0.15, 0.2) is 67.0 Å². The topological polar surface area (TPSA) is 136 Å². The Morgan fingerprint density at radius 1 is 1.00 bits per heavy atom. The number of halogens is 3. The first-order valence-electron chi connectivity index (χ1n) is 15.0. The van der Waals surface area contributed by atoms with Crippen molar-refractivity contribution in [2.75, 3.05) is 28.9 Å². The number of carbonyl (C=O) groups is 1. The molecular formula is C32H35F3N6O5S. The SMILES string of the molecule is CC(C)(C)OC(=O)N1CCC[C@H](Nc2nccc(-c3cccnc3Oc3cccc4c(NS(=O)(=O)CCC(F)(F)F)cccc34)n2)C1. The Labute approximate surface area is 270 Å². The molecule has 250 valence electrons. The van der Waals surface area contributed by atoms with Gasteiger partial charge in [0, 0.05) is 42.3 Å². The molecule has 2 aromatic heterocycles. The Kier molecular flexibility index (Phi) is 9.75. The minimum atomic E-state index is -4.60. The predicted molar refractivity (Wildman–Crippen MR) is 172 cm³/mol. The van der Waals surface area contributed by atoms with E-state index < -0.39 is 34.0 Å². The maximum absolute atomic E-state index is 12.7. The molecule has 4 aromatic rings. The highest BCUT2D eigenvalue weighted by Crippen LogP contribution is 2.37. The van der Waals surface area contributed by atoms with E-state index in [4.69, 9.17) is 9.47 Å². The lowest BCUT2D eigenvalue weighted by Crippen LogP contribution is -2.47. The molecule has 1 aliphatic rings. The lowest BCUT2D eigenvalue weighted by molar-refractivity contribution is -0.129. The number of rotatable bonds is 9. The number of likely N-dealkylation sites (tertiary alicyclic amines) is 1. The number of benzene rings is 2. The number of aromatic nitrogens is 3. The van der Waals surface area contributed by atoms with Gasteiger partial charge in [-0.25, -0.2) is 28.2 Å². The van der Waals surface area contributed by atoms with E-state index in [-0.39, 0.29) is 23.7 Å². The summed E-state index contributed by atoms with van der Waals surface area (Å²) in [4.78, 5) is 27.8. The average Bonchev–Trinajstić information content (AvgIpc) is 3.00. The summed E-state index contributed by atoms with van der Waals surface area (Å²) in [5.41, 5.74) is 0.599. The van der Waals surface area contributed by atoms with Crippen LogP contribution in [0.25, 0.3) is 22.0 Å². The van der Waals surface area contributed by atoms with Gasteiger partial charge >= 0.3 is 12.3 Å². The second-order valence-electron chi connectivity index (χ2n) is 12.1. The average molecular weight is 673 g/mol. The van der Waals surface area contributed by atoms with Crippen molar-refractivity contribution < 1.29 is 35.9 Å². The van der Waals surface area contributed by atoms with E-state index in [1.54, 1.807) is 65.8 Å². The van der Waals surface area contributed by atoms with Crippen LogP contribution < -0.4 is 14.8 Å². The summed E-state index contributed by atoms with van der Waals surface area (Å²) in [6, 6.07) is 14.8. The van der Waals surface area contributed by atoms with Crippen LogP contribution in [-0.4, -0.2) is 71.0 Å². The molecule has 0 aliphatic carbocycles. The number of ether oxygens (including phenoxy) is 2. The lowest BCUT2D eigenvalue weighted by atomic mass is 10.1. The molecule has 0 unspecified atom stereocenters. The number of piperidine rings is 1. The number of pyridine rings is 1. The molecule has 1 fully saturated rings. The van der Waals surface area contributed by atoms with E-state index in [2.05, 4.69) is 25.0 Å². The molecule has 0 saturated carbocycles. The van der Waals surface area contributed by atoms with Crippen molar-refractivity contribution in [1.29, 1.82) is 0 Å². The molecule has 0 spiro atoms. The van der Waals surface area contributed by atoms with Crippen LogP contribution in [0.1, 0.15) is 40.0 Å². The molecule has 2 N–H and O–H groups in total. The van der Waals surface area contributed by atoms with Gasteiger partial charge in [0.1, 0.15) is 11.4 Å². The highest BCUT2D eigenvalue weighted by molar-refractivity contribution is 7.92. The Hall–Kier alpha value is -4.66. The maximum Gasteiger partial charge on any atom is 0.410 e. The van der Waals surface area contributed by atoms with Crippen LogP contribution in [-0.2, 0) is 14.8 Å². The minimum Gasteiger partial charge on any atom is -0.444 e. The number of hydrogen-bond donors (Lipinski definition) is 2. The van der Waals surface area contributed by atoms with Crippen LogP contribution in [0, 0.1) is 0 Å². The molecule has 3 heterocycles.